The Morgan fingerprint density at radius 2 is 0.679 bits per heavy atom. The van der Waals surface area contributed by atoms with Gasteiger partial charge in [-0.25, -0.2) is 4.57 Å². The normalized spacial score (nSPS) is 13.9. The molecule has 0 bridgehead atoms. The van der Waals surface area contributed by atoms with E-state index in [1.807, 2.05) is 0 Å². The monoisotopic (exact) mass is 1150 g/mol. The second-order valence-electron chi connectivity index (χ2n) is 21.2. The molecule has 9 nitrogen and oxygen atoms in total. The lowest BCUT2D eigenvalue weighted by Crippen LogP contribution is -2.29. The van der Waals surface area contributed by atoms with E-state index in [1.165, 1.54) is 141 Å². The molecule has 0 aromatic carbocycles. The summed E-state index contributed by atoms with van der Waals surface area (Å²) in [5.41, 5.74) is 5.39. The van der Waals surface area contributed by atoms with Crippen molar-refractivity contribution < 1.29 is 37.6 Å². The SMILES string of the molecule is CC/C=C\C/C=C\C/C=C\C/C=C\C/C=C\C/C=C\C/C=C\C/C=C\CCCCC(=O)OC(COC(=O)CCCCCCCCCCCCCCCCCCCC/C=C\C/C=C\C/C=C\CCCCCCC)COP(=O)(O)OCCN. The summed E-state index contributed by atoms with van der Waals surface area (Å²) >= 11 is 0. The maximum Gasteiger partial charge on any atom is 0.472 e. The van der Waals surface area contributed by atoms with Gasteiger partial charge in [0.1, 0.15) is 6.61 Å². The summed E-state index contributed by atoms with van der Waals surface area (Å²) in [5, 5.41) is 0. The molecule has 0 saturated heterocycles. The van der Waals surface area contributed by atoms with Crippen LogP contribution in [0.5, 0.6) is 0 Å². The van der Waals surface area contributed by atoms with Gasteiger partial charge in [-0.15, -0.1) is 0 Å². The molecular weight excluding hydrogens is 1030 g/mol. The van der Waals surface area contributed by atoms with Crippen molar-refractivity contribution in [2.75, 3.05) is 26.4 Å². The zero-order chi connectivity index (χ0) is 58.7. The number of nitrogens with two attached hydrogens (primary N) is 1. The lowest BCUT2D eigenvalue weighted by Gasteiger charge is -2.19. The molecule has 10 heteroatoms. The minimum Gasteiger partial charge on any atom is -0.462 e. The number of carbonyl (C=O) groups excluding carboxylic acids is 2. The minimum absolute atomic E-state index is 0.0397. The van der Waals surface area contributed by atoms with E-state index in [2.05, 4.69) is 148 Å². The highest BCUT2D eigenvalue weighted by molar-refractivity contribution is 7.47. The molecule has 0 aromatic rings. The minimum atomic E-state index is -4.41. The fourth-order valence-corrected chi connectivity index (χ4v) is 9.48. The molecular formula is C71H120NO8P. The molecule has 0 heterocycles. The van der Waals surface area contributed by atoms with Crippen molar-refractivity contribution >= 4 is 19.8 Å². The average molecular weight is 1150 g/mol. The quantitative estimate of drug-likeness (QED) is 0.0264. The molecule has 0 aliphatic rings. The van der Waals surface area contributed by atoms with E-state index in [-0.39, 0.29) is 32.6 Å². The van der Waals surface area contributed by atoms with Crippen molar-refractivity contribution in [3.63, 3.8) is 0 Å². The number of carbonyl (C=O) groups is 2. The number of allylic oxidation sites excluding steroid dienone is 22. The third-order valence-electron chi connectivity index (χ3n) is 13.5. The van der Waals surface area contributed by atoms with Gasteiger partial charge in [0.15, 0.2) is 6.10 Å². The Morgan fingerprint density at radius 3 is 1.04 bits per heavy atom. The third-order valence-corrected chi connectivity index (χ3v) is 14.5. The fourth-order valence-electron chi connectivity index (χ4n) is 8.72. The van der Waals surface area contributed by atoms with Crippen molar-refractivity contribution in [2.24, 2.45) is 5.73 Å². The number of unbranched alkanes of at least 4 members (excludes halogenated alkanes) is 25. The Kier molecular flexibility index (Phi) is 62.2. The van der Waals surface area contributed by atoms with Crippen LogP contribution in [0.25, 0.3) is 0 Å². The predicted molar refractivity (Wildman–Crippen MR) is 348 cm³/mol. The predicted octanol–water partition coefficient (Wildman–Crippen LogP) is 21.3. The van der Waals surface area contributed by atoms with Crippen LogP contribution < -0.4 is 5.73 Å². The van der Waals surface area contributed by atoms with E-state index < -0.39 is 32.5 Å². The molecule has 2 atom stereocenters. The number of esters is 2. The maximum atomic E-state index is 12.7. The Hall–Kier alpha value is -3.85. The highest BCUT2D eigenvalue weighted by Gasteiger charge is 2.26. The van der Waals surface area contributed by atoms with Gasteiger partial charge in [-0.3, -0.25) is 18.6 Å². The van der Waals surface area contributed by atoms with Gasteiger partial charge in [-0.05, 0) is 116 Å². The van der Waals surface area contributed by atoms with Gasteiger partial charge in [0.25, 0.3) is 0 Å². The van der Waals surface area contributed by atoms with E-state index in [0.717, 1.165) is 96.3 Å². The van der Waals surface area contributed by atoms with Crippen LogP contribution in [0.1, 0.15) is 271 Å². The second kappa shape index (κ2) is 65.3. The van der Waals surface area contributed by atoms with Crippen molar-refractivity contribution in [1.82, 2.24) is 0 Å². The summed E-state index contributed by atoms with van der Waals surface area (Å²) in [6.45, 7) is 3.57. The molecule has 3 N–H and O–H groups in total. The van der Waals surface area contributed by atoms with Crippen LogP contribution in [0.4, 0.5) is 0 Å². The van der Waals surface area contributed by atoms with Crippen molar-refractivity contribution in [1.29, 1.82) is 0 Å². The summed E-state index contributed by atoms with van der Waals surface area (Å²) < 4.78 is 33.1. The summed E-state index contributed by atoms with van der Waals surface area (Å²) in [6, 6.07) is 0. The summed E-state index contributed by atoms with van der Waals surface area (Å²) in [7, 11) is -4.41. The highest BCUT2D eigenvalue weighted by atomic mass is 31.2. The number of hydrogen-bond donors (Lipinski definition) is 2. The van der Waals surface area contributed by atoms with Gasteiger partial charge >= 0.3 is 19.8 Å². The van der Waals surface area contributed by atoms with Gasteiger partial charge in [0, 0.05) is 19.4 Å². The number of phosphoric acid groups is 1. The number of rotatable bonds is 60. The second-order valence-corrected chi connectivity index (χ2v) is 22.7. The lowest BCUT2D eigenvalue weighted by molar-refractivity contribution is -0.161. The van der Waals surface area contributed by atoms with Crippen LogP contribution in [-0.4, -0.2) is 49.3 Å². The van der Waals surface area contributed by atoms with E-state index in [9.17, 15) is 19.0 Å². The number of phosphoric ester groups is 1. The van der Waals surface area contributed by atoms with Gasteiger partial charge in [0.05, 0.1) is 13.2 Å². The first-order valence-electron chi connectivity index (χ1n) is 32.7. The topological polar surface area (TPSA) is 134 Å². The molecule has 462 valence electrons. The van der Waals surface area contributed by atoms with Crippen molar-refractivity contribution in [3.8, 4) is 0 Å². The highest BCUT2D eigenvalue weighted by Crippen LogP contribution is 2.43. The Morgan fingerprint density at radius 1 is 0.383 bits per heavy atom. The Bertz CT molecular complexity index is 1790. The first-order valence-corrected chi connectivity index (χ1v) is 34.2. The molecule has 0 aromatic heterocycles. The number of ether oxygens (including phenoxy) is 2. The van der Waals surface area contributed by atoms with Crippen LogP contribution in [-0.2, 0) is 32.7 Å². The zero-order valence-corrected chi connectivity index (χ0v) is 52.6. The molecule has 0 radical (unpaired) electrons. The molecule has 0 fully saturated rings. The van der Waals surface area contributed by atoms with Crippen LogP contribution in [0.2, 0.25) is 0 Å². The number of hydrogen-bond acceptors (Lipinski definition) is 8. The molecule has 81 heavy (non-hydrogen) atoms. The first-order chi connectivity index (χ1) is 39.8. The molecule has 0 saturated carbocycles. The zero-order valence-electron chi connectivity index (χ0n) is 51.7. The molecule has 0 amide bonds. The maximum absolute atomic E-state index is 12.7. The van der Waals surface area contributed by atoms with Crippen LogP contribution in [0.3, 0.4) is 0 Å². The Labute approximate surface area is 497 Å². The lowest BCUT2D eigenvalue weighted by atomic mass is 10.0. The van der Waals surface area contributed by atoms with Crippen LogP contribution >= 0.6 is 7.82 Å². The summed E-state index contributed by atoms with van der Waals surface area (Å²) in [5.74, 6) is -0.881. The largest absolute Gasteiger partial charge is 0.472 e. The summed E-state index contributed by atoms with van der Waals surface area (Å²) in [4.78, 5) is 35.3. The van der Waals surface area contributed by atoms with E-state index in [1.54, 1.807) is 0 Å². The summed E-state index contributed by atoms with van der Waals surface area (Å²) in [6.07, 6.45) is 92.5. The van der Waals surface area contributed by atoms with Gasteiger partial charge in [0.2, 0.25) is 0 Å². The fraction of sp³-hybridized carbons (Fsp3) is 0.662. The molecule has 0 spiro atoms. The van der Waals surface area contributed by atoms with Gasteiger partial charge < -0.3 is 20.1 Å². The first kappa shape index (κ1) is 77.2. The van der Waals surface area contributed by atoms with Crippen molar-refractivity contribution in [3.05, 3.63) is 134 Å². The molecule has 2 unspecified atom stereocenters. The average Bonchev–Trinajstić information content (AvgIpc) is 3.46. The van der Waals surface area contributed by atoms with Crippen LogP contribution in [0, 0.1) is 0 Å². The smallest absolute Gasteiger partial charge is 0.462 e. The van der Waals surface area contributed by atoms with Crippen LogP contribution in [0.15, 0.2) is 134 Å². The Balaban J connectivity index is 4.00. The van der Waals surface area contributed by atoms with E-state index in [4.69, 9.17) is 24.3 Å². The van der Waals surface area contributed by atoms with Crippen molar-refractivity contribution in [2.45, 2.75) is 277 Å². The molecule has 0 aliphatic heterocycles. The van der Waals surface area contributed by atoms with Gasteiger partial charge in [-0.2, -0.15) is 0 Å². The molecule has 0 rings (SSSR count). The van der Waals surface area contributed by atoms with E-state index >= 15 is 0 Å². The standard InChI is InChI=1S/C71H120NO8P/c1-3-5-7-9-11-13-15-17-19-21-23-25-27-29-31-32-33-34-35-36-38-39-41-43-45-47-49-51-53-55-57-59-61-63-70(73)77-67-69(68-79-81(75,76)78-66-65-72)80-71(74)64-62-60-58-56-54-52-50-48-46-44-42-40-37-30-28-26-24-22-20-18-16-14-12-10-8-6-4-2/h6,8,12,14-15,17-18,20-21,23-24,26-27,29-30,37,42,44,48,50,54,56,69H,3-5,7,9-11,13,16,19,22,25,28,31-36,38-41,43,45-47,49,51-53,55,57-68,72H2,1-2H3,(H,75,76)/b8-6-,14-12-,17-15-,20-18-,23-21-,26-24-,29-27-,37-30-,44-42-,50-48-,56-54-. The molecule has 0 aliphatic carbocycles. The van der Waals surface area contributed by atoms with E-state index in [0.29, 0.717) is 6.42 Å². The third kappa shape index (κ3) is 65.2. The van der Waals surface area contributed by atoms with Gasteiger partial charge in [-0.1, -0.05) is 276 Å².